The molecular formula is C33H41N7O3. The van der Waals surface area contributed by atoms with Crippen molar-refractivity contribution in [3.63, 3.8) is 0 Å². The van der Waals surface area contributed by atoms with Crippen LogP contribution in [0.15, 0.2) is 60.7 Å². The summed E-state index contributed by atoms with van der Waals surface area (Å²) in [7, 11) is 0. The van der Waals surface area contributed by atoms with Crippen molar-refractivity contribution in [1.82, 2.24) is 19.9 Å². The maximum absolute atomic E-state index is 11.1. The van der Waals surface area contributed by atoms with Crippen molar-refractivity contribution in [2.24, 2.45) is 0 Å². The second-order valence-corrected chi connectivity index (χ2v) is 11.9. The van der Waals surface area contributed by atoms with E-state index in [4.69, 9.17) is 29.4 Å². The van der Waals surface area contributed by atoms with Gasteiger partial charge < -0.3 is 29.3 Å². The van der Waals surface area contributed by atoms with E-state index in [1.54, 1.807) is 6.92 Å². The first-order chi connectivity index (χ1) is 20.7. The molecule has 0 saturated carbocycles. The smallest absolute Gasteiger partial charge is 0.229 e. The van der Waals surface area contributed by atoms with Crippen molar-refractivity contribution in [2.45, 2.75) is 71.8 Å². The number of hydrogen-bond donors (Lipinski definition) is 1. The Labute approximate surface area is 253 Å². The Morgan fingerprint density at radius 1 is 0.767 bits per heavy atom. The summed E-state index contributed by atoms with van der Waals surface area (Å²) in [6.07, 6.45) is -0.677. The van der Waals surface area contributed by atoms with E-state index in [0.717, 1.165) is 22.6 Å². The first-order valence-corrected chi connectivity index (χ1v) is 15.2. The summed E-state index contributed by atoms with van der Waals surface area (Å²) in [5.74, 6) is 1.87. The zero-order valence-electron chi connectivity index (χ0n) is 25.6. The lowest BCUT2D eigenvalue weighted by atomic mass is 10.1. The summed E-state index contributed by atoms with van der Waals surface area (Å²) in [5, 5.41) is 11.1. The van der Waals surface area contributed by atoms with E-state index in [1.807, 2.05) is 53.4 Å². The number of hydrogen-bond acceptors (Lipinski definition) is 10. The third-order valence-electron chi connectivity index (χ3n) is 7.87. The Morgan fingerprint density at radius 2 is 1.33 bits per heavy atom. The molecule has 43 heavy (non-hydrogen) atoms. The molecule has 2 fully saturated rings. The molecule has 226 valence electrons. The number of aliphatic hydroxyl groups is 1. The lowest BCUT2D eigenvalue weighted by Gasteiger charge is -2.37. The summed E-state index contributed by atoms with van der Waals surface area (Å²) in [5.41, 5.74) is 3.80. The Bertz CT molecular complexity index is 1520. The van der Waals surface area contributed by atoms with Gasteiger partial charge in [-0.05, 0) is 40.2 Å². The molecule has 2 aliphatic heterocycles. The maximum Gasteiger partial charge on any atom is 0.229 e. The molecule has 2 aliphatic rings. The fraction of sp³-hybridized carbons (Fsp3) is 0.455. The summed E-state index contributed by atoms with van der Waals surface area (Å²) in [4.78, 5) is 26.9. The van der Waals surface area contributed by atoms with Crippen LogP contribution < -0.4 is 14.7 Å². The summed E-state index contributed by atoms with van der Waals surface area (Å²) >= 11 is 0. The Morgan fingerprint density at radius 3 is 1.91 bits per heavy atom. The van der Waals surface area contributed by atoms with Gasteiger partial charge in [-0.2, -0.15) is 9.97 Å². The number of morpholine rings is 2. The topological polar surface area (TPSA) is 100.0 Å². The standard InChI is InChI=1S/C33H41N7O3/c1-21-16-38(17-22(2)42-21)31-28(27-14-10-7-11-15-27)34-29-30(35-31)36-33(39-18-23(3)43-24(4)19-39)37-32(29)40(25(5)41)20-26-12-8-6-9-13-26/h6-15,21-25,41H,16-20H2,1-5H3. The minimum absolute atomic E-state index is 0.0297. The Kier molecular flexibility index (Phi) is 8.43. The Balaban J connectivity index is 1.57. The van der Waals surface area contributed by atoms with Crippen LogP contribution in [0.1, 0.15) is 40.2 Å². The average molecular weight is 584 g/mol. The van der Waals surface area contributed by atoms with Crippen molar-refractivity contribution in [1.29, 1.82) is 0 Å². The fourth-order valence-corrected chi connectivity index (χ4v) is 6.12. The highest BCUT2D eigenvalue weighted by Gasteiger charge is 2.31. The number of benzene rings is 2. The predicted octanol–water partition coefficient (Wildman–Crippen LogP) is 4.66. The van der Waals surface area contributed by atoms with Crippen molar-refractivity contribution >= 4 is 28.7 Å². The molecule has 2 saturated heterocycles. The van der Waals surface area contributed by atoms with Crippen molar-refractivity contribution in [2.75, 3.05) is 40.9 Å². The normalized spacial score (nSPS) is 23.4. The van der Waals surface area contributed by atoms with E-state index in [0.29, 0.717) is 55.7 Å². The van der Waals surface area contributed by atoms with E-state index in [2.05, 4.69) is 49.6 Å². The first kappa shape index (κ1) is 29.2. The summed E-state index contributed by atoms with van der Waals surface area (Å²) in [6.45, 7) is 13.2. The van der Waals surface area contributed by atoms with Crippen molar-refractivity contribution in [3.05, 3.63) is 66.2 Å². The van der Waals surface area contributed by atoms with Gasteiger partial charge >= 0.3 is 0 Å². The van der Waals surface area contributed by atoms with Crippen LogP contribution >= 0.6 is 0 Å². The fourth-order valence-electron chi connectivity index (χ4n) is 6.12. The van der Waals surface area contributed by atoms with Crippen molar-refractivity contribution in [3.8, 4) is 11.3 Å². The van der Waals surface area contributed by atoms with Gasteiger partial charge in [-0.3, -0.25) is 0 Å². The first-order valence-electron chi connectivity index (χ1n) is 15.2. The number of ether oxygens (including phenoxy) is 2. The van der Waals surface area contributed by atoms with Gasteiger partial charge in [0, 0.05) is 38.3 Å². The molecule has 0 radical (unpaired) electrons. The highest BCUT2D eigenvalue weighted by Crippen LogP contribution is 2.35. The number of rotatable bonds is 7. The largest absolute Gasteiger partial charge is 0.374 e. The molecule has 6 rings (SSSR count). The monoisotopic (exact) mass is 583 g/mol. The second kappa shape index (κ2) is 12.4. The lowest BCUT2D eigenvalue weighted by Crippen LogP contribution is -2.46. The SMILES string of the molecule is CC1CN(c2nc(N(Cc3ccccc3)C(C)O)c3nc(-c4ccccc4)c(N4CC(C)OC(C)C4)nc3n2)CC(C)O1. The van der Waals surface area contributed by atoms with Gasteiger partial charge in [0.05, 0.1) is 24.4 Å². The van der Waals surface area contributed by atoms with E-state index in [1.165, 1.54) is 0 Å². The summed E-state index contributed by atoms with van der Waals surface area (Å²) < 4.78 is 12.1. The van der Waals surface area contributed by atoms with Gasteiger partial charge in [0.25, 0.3) is 0 Å². The molecule has 10 nitrogen and oxygen atoms in total. The molecule has 1 N–H and O–H groups in total. The molecule has 10 heteroatoms. The van der Waals surface area contributed by atoms with Gasteiger partial charge in [-0.1, -0.05) is 60.7 Å². The van der Waals surface area contributed by atoms with E-state index < -0.39 is 6.23 Å². The second-order valence-electron chi connectivity index (χ2n) is 11.9. The van der Waals surface area contributed by atoms with Gasteiger partial charge in [-0.15, -0.1) is 0 Å². The van der Waals surface area contributed by atoms with E-state index >= 15 is 0 Å². The molecule has 2 aromatic heterocycles. The zero-order valence-corrected chi connectivity index (χ0v) is 25.6. The molecule has 5 atom stereocenters. The highest BCUT2D eigenvalue weighted by molar-refractivity contribution is 5.89. The molecule has 0 amide bonds. The third kappa shape index (κ3) is 6.41. The summed E-state index contributed by atoms with van der Waals surface area (Å²) in [6, 6.07) is 20.2. The zero-order chi connectivity index (χ0) is 30.1. The molecule has 5 unspecified atom stereocenters. The number of nitrogens with zero attached hydrogens (tertiary/aromatic N) is 7. The highest BCUT2D eigenvalue weighted by atomic mass is 16.5. The molecule has 0 bridgehead atoms. The van der Waals surface area contributed by atoms with Crippen LogP contribution in [0.25, 0.3) is 22.4 Å². The van der Waals surface area contributed by atoms with Gasteiger partial charge in [0.15, 0.2) is 22.8 Å². The maximum atomic E-state index is 11.1. The van der Waals surface area contributed by atoms with Gasteiger partial charge in [-0.25, -0.2) is 9.97 Å². The lowest BCUT2D eigenvalue weighted by molar-refractivity contribution is -0.00580. The van der Waals surface area contributed by atoms with Gasteiger partial charge in [0.1, 0.15) is 11.9 Å². The molecule has 0 aliphatic carbocycles. The van der Waals surface area contributed by atoms with Crippen LogP contribution in [-0.4, -0.2) is 81.9 Å². The number of aliphatic hydroxyl groups excluding tert-OH is 1. The average Bonchev–Trinajstić information content (AvgIpc) is 2.98. The number of aromatic nitrogens is 4. The van der Waals surface area contributed by atoms with Crippen LogP contribution in [0.5, 0.6) is 0 Å². The van der Waals surface area contributed by atoms with Crippen LogP contribution in [0.2, 0.25) is 0 Å². The van der Waals surface area contributed by atoms with Crippen LogP contribution in [0.3, 0.4) is 0 Å². The molecular weight excluding hydrogens is 542 g/mol. The van der Waals surface area contributed by atoms with Crippen LogP contribution in [-0.2, 0) is 16.0 Å². The van der Waals surface area contributed by atoms with Crippen LogP contribution in [0, 0.1) is 0 Å². The molecule has 4 aromatic rings. The molecule has 4 heterocycles. The van der Waals surface area contributed by atoms with Gasteiger partial charge in [0.2, 0.25) is 5.95 Å². The minimum atomic E-state index is -0.837. The molecule has 2 aromatic carbocycles. The third-order valence-corrected chi connectivity index (χ3v) is 7.87. The Hall–Kier alpha value is -3.86. The van der Waals surface area contributed by atoms with E-state index in [9.17, 15) is 5.11 Å². The predicted molar refractivity (Wildman–Crippen MR) is 169 cm³/mol. The number of anilines is 3. The van der Waals surface area contributed by atoms with Crippen LogP contribution in [0.4, 0.5) is 17.6 Å². The minimum Gasteiger partial charge on any atom is -0.374 e. The van der Waals surface area contributed by atoms with Crippen molar-refractivity contribution < 1.29 is 14.6 Å². The quantitative estimate of drug-likeness (QED) is 0.309. The van der Waals surface area contributed by atoms with E-state index in [-0.39, 0.29) is 24.4 Å². The number of fused-ring (bicyclic) bond motifs is 1. The molecule has 0 spiro atoms.